The van der Waals surface area contributed by atoms with Crippen LogP contribution in [0.2, 0.25) is 0 Å². The molecule has 1 aliphatic heterocycles. The second-order valence-electron chi connectivity index (χ2n) is 5.38. The summed E-state index contributed by atoms with van der Waals surface area (Å²) in [7, 11) is 0. The predicted octanol–water partition coefficient (Wildman–Crippen LogP) is 1.74. The number of anilines is 1. The Balaban J connectivity index is 2.01. The number of rotatable bonds is 5. The molecule has 0 amide bonds. The fourth-order valence-corrected chi connectivity index (χ4v) is 2.66. The molecular weight excluding hydrogens is 242 g/mol. The van der Waals surface area contributed by atoms with Gasteiger partial charge in [-0.2, -0.15) is 0 Å². The summed E-state index contributed by atoms with van der Waals surface area (Å²) in [5.74, 6) is 1.40. The fourth-order valence-electron chi connectivity index (χ4n) is 2.66. The Morgan fingerprint density at radius 2 is 2.37 bits per heavy atom. The summed E-state index contributed by atoms with van der Waals surface area (Å²) in [6.07, 6.45) is 4.70. The zero-order chi connectivity index (χ0) is 13.8. The number of aryl methyl sites for hydroxylation is 1. The molecule has 1 saturated heterocycles. The van der Waals surface area contributed by atoms with Gasteiger partial charge in [0.1, 0.15) is 0 Å². The highest BCUT2D eigenvalue weighted by atomic mass is 16.5. The van der Waals surface area contributed by atoms with Gasteiger partial charge in [-0.05, 0) is 19.3 Å². The monoisotopic (exact) mass is 265 g/mol. The van der Waals surface area contributed by atoms with Crippen LogP contribution in [0.5, 0.6) is 0 Å². The first kappa shape index (κ1) is 14.1. The van der Waals surface area contributed by atoms with Gasteiger partial charge in [0.25, 0.3) is 5.56 Å². The van der Waals surface area contributed by atoms with E-state index in [9.17, 15) is 4.79 Å². The van der Waals surface area contributed by atoms with E-state index in [0.717, 1.165) is 19.6 Å². The van der Waals surface area contributed by atoms with Crippen molar-refractivity contribution in [2.45, 2.75) is 39.8 Å². The molecule has 0 radical (unpaired) electrons. The van der Waals surface area contributed by atoms with Crippen LogP contribution in [0.15, 0.2) is 17.2 Å². The summed E-state index contributed by atoms with van der Waals surface area (Å²) in [6.45, 7) is 8.53. The van der Waals surface area contributed by atoms with Crippen LogP contribution in [0.1, 0.15) is 27.2 Å². The summed E-state index contributed by atoms with van der Waals surface area (Å²) >= 11 is 0. The molecule has 2 atom stereocenters. The maximum atomic E-state index is 12.0. The third kappa shape index (κ3) is 3.15. The molecule has 2 heterocycles. The number of hydrogen-bond donors (Lipinski definition) is 1. The zero-order valence-electron chi connectivity index (χ0n) is 11.9. The van der Waals surface area contributed by atoms with Gasteiger partial charge in [-0.3, -0.25) is 4.79 Å². The molecule has 106 valence electrons. The highest BCUT2D eigenvalue weighted by molar-refractivity contribution is 5.30. The van der Waals surface area contributed by atoms with Gasteiger partial charge in [0.15, 0.2) is 5.82 Å². The lowest BCUT2D eigenvalue weighted by Crippen LogP contribution is -2.31. The SMILES string of the molecule is CCn1ccnc(NC[C@H]2CCO[C@@H]2C(C)C)c1=O. The average Bonchev–Trinajstić information content (AvgIpc) is 2.86. The predicted molar refractivity (Wildman–Crippen MR) is 75.3 cm³/mol. The Labute approximate surface area is 114 Å². The van der Waals surface area contributed by atoms with Gasteiger partial charge >= 0.3 is 0 Å². The topological polar surface area (TPSA) is 56.1 Å². The molecule has 19 heavy (non-hydrogen) atoms. The van der Waals surface area contributed by atoms with E-state index >= 15 is 0 Å². The number of hydrogen-bond acceptors (Lipinski definition) is 4. The van der Waals surface area contributed by atoms with Crippen LogP contribution in [0.3, 0.4) is 0 Å². The number of ether oxygens (including phenoxy) is 1. The van der Waals surface area contributed by atoms with Crippen LogP contribution in [-0.4, -0.2) is 28.8 Å². The minimum atomic E-state index is -0.0509. The van der Waals surface area contributed by atoms with Crippen molar-refractivity contribution in [2.24, 2.45) is 11.8 Å². The fraction of sp³-hybridized carbons (Fsp3) is 0.714. The smallest absolute Gasteiger partial charge is 0.293 e. The summed E-state index contributed by atoms with van der Waals surface area (Å²) in [5, 5.41) is 3.19. The Morgan fingerprint density at radius 3 is 3.05 bits per heavy atom. The molecule has 1 aromatic rings. The largest absolute Gasteiger partial charge is 0.378 e. The maximum absolute atomic E-state index is 12.0. The van der Waals surface area contributed by atoms with Gasteiger partial charge in [0, 0.05) is 38.0 Å². The molecule has 0 bridgehead atoms. The van der Waals surface area contributed by atoms with E-state index in [1.54, 1.807) is 17.0 Å². The third-order valence-electron chi connectivity index (χ3n) is 3.71. The van der Waals surface area contributed by atoms with Crippen molar-refractivity contribution in [3.8, 4) is 0 Å². The second-order valence-corrected chi connectivity index (χ2v) is 5.38. The first-order valence-electron chi connectivity index (χ1n) is 7.04. The van der Waals surface area contributed by atoms with E-state index in [2.05, 4.69) is 24.1 Å². The molecule has 0 aromatic carbocycles. The van der Waals surface area contributed by atoms with Crippen LogP contribution in [-0.2, 0) is 11.3 Å². The first-order valence-corrected chi connectivity index (χ1v) is 7.04. The molecular formula is C14H23N3O2. The minimum absolute atomic E-state index is 0.0509. The maximum Gasteiger partial charge on any atom is 0.293 e. The van der Waals surface area contributed by atoms with Crippen molar-refractivity contribution in [1.82, 2.24) is 9.55 Å². The van der Waals surface area contributed by atoms with E-state index in [0.29, 0.717) is 24.2 Å². The summed E-state index contributed by atoms with van der Waals surface area (Å²) in [5.41, 5.74) is -0.0509. The first-order chi connectivity index (χ1) is 9.13. The van der Waals surface area contributed by atoms with E-state index in [1.165, 1.54) is 0 Å². The number of aromatic nitrogens is 2. The summed E-state index contributed by atoms with van der Waals surface area (Å²) in [4.78, 5) is 16.2. The molecule has 2 rings (SSSR count). The molecule has 0 spiro atoms. The molecule has 1 aromatic heterocycles. The normalized spacial score (nSPS) is 22.9. The van der Waals surface area contributed by atoms with Gasteiger partial charge in [0.2, 0.25) is 0 Å². The van der Waals surface area contributed by atoms with E-state index < -0.39 is 0 Å². The van der Waals surface area contributed by atoms with Crippen molar-refractivity contribution >= 4 is 5.82 Å². The Hall–Kier alpha value is -1.36. The lowest BCUT2D eigenvalue weighted by molar-refractivity contribution is 0.0566. The van der Waals surface area contributed by atoms with Crippen LogP contribution in [0, 0.1) is 11.8 Å². The second kappa shape index (κ2) is 6.19. The molecule has 5 nitrogen and oxygen atoms in total. The van der Waals surface area contributed by atoms with Crippen LogP contribution in [0.25, 0.3) is 0 Å². The lowest BCUT2D eigenvalue weighted by Gasteiger charge is -2.22. The summed E-state index contributed by atoms with van der Waals surface area (Å²) < 4.78 is 7.40. The molecule has 5 heteroatoms. The van der Waals surface area contributed by atoms with E-state index in [4.69, 9.17) is 4.74 Å². The van der Waals surface area contributed by atoms with Gasteiger partial charge in [-0.1, -0.05) is 13.8 Å². The van der Waals surface area contributed by atoms with Crippen LogP contribution in [0.4, 0.5) is 5.82 Å². The standard InChI is InChI=1S/C14H23N3O2/c1-4-17-7-6-15-13(14(17)18)16-9-11-5-8-19-12(11)10(2)3/h6-7,10-12H,4-5,8-9H2,1-3H3,(H,15,16)/t11-,12-/m1/s1. The third-order valence-corrected chi connectivity index (χ3v) is 3.71. The van der Waals surface area contributed by atoms with Gasteiger partial charge < -0.3 is 14.6 Å². The van der Waals surface area contributed by atoms with Gasteiger partial charge in [-0.15, -0.1) is 0 Å². The average molecular weight is 265 g/mol. The van der Waals surface area contributed by atoms with Crippen molar-refractivity contribution in [1.29, 1.82) is 0 Å². The summed E-state index contributed by atoms with van der Waals surface area (Å²) in [6, 6.07) is 0. The highest BCUT2D eigenvalue weighted by Gasteiger charge is 2.30. The van der Waals surface area contributed by atoms with Crippen LogP contribution >= 0.6 is 0 Å². The Kier molecular flexibility index (Phi) is 4.58. The van der Waals surface area contributed by atoms with E-state index in [-0.39, 0.29) is 11.7 Å². The van der Waals surface area contributed by atoms with Crippen molar-refractivity contribution in [2.75, 3.05) is 18.5 Å². The van der Waals surface area contributed by atoms with Crippen molar-refractivity contribution in [3.63, 3.8) is 0 Å². The van der Waals surface area contributed by atoms with E-state index in [1.807, 2.05) is 6.92 Å². The van der Waals surface area contributed by atoms with Crippen LogP contribution < -0.4 is 10.9 Å². The van der Waals surface area contributed by atoms with Gasteiger partial charge in [0.05, 0.1) is 6.10 Å². The molecule has 1 aliphatic rings. The Morgan fingerprint density at radius 1 is 1.58 bits per heavy atom. The molecule has 0 aliphatic carbocycles. The number of nitrogens with one attached hydrogen (secondary N) is 1. The van der Waals surface area contributed by atoms with Crippen molar-refractivity contribution < 1.29 is 4.74 Å². The number of nitrogens with zero attached hydrogens (tertiary/aromatic N) is 2. The van der Waals surface area contributed by atoms with Gasteiger partial charge in [-0.25, -0.2) is 4.98 Å². The molecule has 1 N–H and O–H groups in total. The lowest BCUT2D eigenvalue weighted by atomic mass is 9.93. The Bertz CT molecular complexity index is 470. The molecule has 0 unspecified atom stereocenters. The molecule has 1 fully saturated rings. The highest BCUT2D eigenvalue weighted by Crippen LogP contribution is 2.26. The molecule has 0 saturated carbocycles. The zero-order valence-corrected chi connectivity index (χ0v) is 11.9. The van der Waals surface area contributed by atoms with Crippen molar-refractivity contribution in [3.05, 3.63) is 22.7 Å². The minimum Gasteiger partial charge on any atom is -0.378 e. The quantitative estimate of drug-likeness (QED) is 0.881.